The van der Waals surface area contributed by atoms with Crippen molar-refractivity contribution in [3.63, 3.8) is 0 Å². The zero-order chi connectivity index (χ0) is 8.55. The fourth-order valence-corrected chi connectivity index (χ4v) is 1.40. The van der Waals surface area contributed by atoms with E-state index in [1.165, 1.54) is 5.56 Å². The van der Waals surface area contributed by atoms with E-state index in [0.717, 1.165) is 24.5 Å². The zero-order valence-corrected chi connectivity index (χ0v) is 8.44. The van der Waals surface area contributed by atoms with Gasteiger partial charge in [0.05, 0.1) is 12.8 Å². The lowest BCUT2D eigenvalue weighted by molar-refractivity contribution is 0.377. The molecular weight excluding hydrogens is 190 g/mol. The smallest absolute Gasteiger partial charge is 0.316 e. The second-order valence-electron chi connectivity index (χ2n) is 2.82. The minimum absolute atomic E-state index is 0. The van der Waals surface area contributed by atoms with Crippen molar-refractivity contribution in [2.24, 2.45) is 0 Å². The van der Waals surface area contributed by atoms with E-state index in [1.807, 2.05) is 6.92 Å². The Kier molecular flexibility index (Phi) is 3.06. The molecule has 0 saturated carbocycles. The van der Waals surface area contributed by atoms with Gasteiger partial charge >= 0.3 is 6.01 Å². The molecule has 72 valence electrons. The Bertz CT molecular complexity index is 317. The average molecular weight is 202 g/mol. The Hall–Kier alpha value is -0.870. The van der Waals surface area contributed by atoms with Gasteiger partial charge in [-0.1, -0.05) is 0 Å². The first kappa shape index (κ1) is 10.2. The number of hydrogen-bond acceptors (Lipinski definition) is 4. The molecule has 1 aliphatic rings. The van der Waals surface area contributed by atoms with Gasteiger partial charge in [0, 0.05) is 24.3 Å². The predicted molar refractivity (Wildman–Crippen MR) is 51.1 cm³/mol. The first-order valence-corrected chi connectivity index (χ1v) is 3.92. The molecule has 1 aromatic heterocycles. The van der Waals surface area contributed by atoms with Crippen molar-refractivity contribution < 1.29 is 4.74 Å². The summed E-state index contributed by atoms with van der Waals surface area (Å²) in [6.45, 7) is 3.69. The number of hydrogen-bond donors (Lipinski definition) is 1. The molecule has 0 aliphatic carbocycles. The number of fused-ring (bicyclic) bond motifs is 1. The number of halogens is 1. The van der Waals surface area contributed by atoms with Gasteiger partial charge in [0.15, 0.2) is 0 Å². The maximum atomic E-state index is 4.97. The molecule has 1 N–H and O–H groups in total. The van der Waals surface area contributed by atoms with Crippen LogP contribution >= 0.6 is 12.4 Å². The number of nitrogens with one attached hydrogen (secondary N) is 1. The molecule has 4 nitrogen and oxygen atoms in total. The Balaban J connectivity index is 0.000000845. The van der Waals surface area contributed by atoms with Gasteiger partial charge in [-0.3, -0.25) is 0 Å². The van der Waals surface area contributed by atoms with Gasteiger partial charge in [-0.25, -0.2) is 4.98 Å². The molecular formula is C8H12ClN3O. The maximum absolute atomic E-state index is 4.97. The third kappa shape index (κ3) is 1.73. The molecule has 0 radical (unpaired) electrons. The molecule has 1 aromatic rings. The van der Waals surface area contributed by atoms with Crippen molar-refractivity contribution in [2.45, 2.75) is 20.0 Å². The lowest BCUT2D eigenvalue weighted by Gasteiger charge is -2.03. The van der Waals surface area contributed by atoms with Crippen LogP contribution in [0.2, 0.25) is 0 Å². The highest BCUT2D eigenvalue weighted by atomic mass is 35.5. The molecule has 13 heavy (non-hydrogen) atoms. The number of ether oxygens (including phenoxy) is 1. The molecule has 0 spiro atoms. The SMILES string of the molecule is COc1nc(C)c2c(n1)CNC2.Cl. The fourth-order valence-electron chi connectivity index (χ4n) is 1.40. The Morgan fingerprint density at radius 1 is 1.31 bits per heavy atom. The van der Waals surface area contributed by atoms with Crippen LogP contribution in [0.1, 0.15) is 17.0 Å². The van der Waals surface area contributed by atoms with Crippen LogP contribution < -0.4 is 10.1 Å². The number of nitrogens with zero attached hydrogens (tertiary/aromatic N) is 2. The molecule has 0 atom stereocenters. The second-order valence-corrected chi connectivity index (χ2v) is 2.82. The van der Waals surface area contributed by atoms with Gasteiger partial charge in [-0.2, -0.15) is 4.98 Å². The van der Waals surface area contributed by atoms with Gasteiger partial charge in [-0.15, -0.1) is 12.4 Å². The minimum Gasteiger partial charge on any atom is -0.467 e. The molecule has 1 aliphatic heterocycles. The van der Waals surface area contributed by atoms with E-state index in [-0.39, 0.29) is 12.4 Å². The van der Waals surface area contributed by atoms with E-state index >= 15 is 0 Å². The summed E-state index contributed by atoms with van der Waals surface area (Å²) in [5.74, 6) is 0. The quantitative estimate of drug-likeness (QED) is 0.731. The third-order valence-electron chi connectivity index (χ3n) is 2.06. The van der Waals surface area contributed by atoms with Gasteiger partial charge in [0.25, 0.3) is 0 Å². The fraction of sp³-hybridized carbons (Fsp3) is 0.500. The van der Waals surface area contributed by atoms with Crippen molar-refractivity contribution >= 4 is 12.4 Å². The van der Waals surface area contributed by atoms with Gasteiger partial charge in [-0.05, 0) is 6.92 Å². The van der Waals surface area contributed by atoms with Crippen LogP contribution in [-0.4, -0.2) is 17.1 Å². The molecule has 0 bridgehead atoms. The second kappa shape index (κ2) is 3.89. The first-order valence-electron chi connectivity index (χ1n) is 3.92. The van der Waals surface area contributed by atoms with E-state index in [1.54, 1.807) is 7.11 Å². The summed E-state index contributed by atoms with van der Waals surface area (Å²) in [6.07, 6.45) is 0. The largest absolute Gasteiger partial charge is 0.467 e. The summed E-state index contributed by atoms with van der Waals surface area (Å²) in [4.78, 5) is 8.43. The standard InChI is InChI=1S/C8H11N3O.ClH/c1-5-6-3-9-4-7(6)11-8(10-5)12-2;/h9H,3-4H2,1-2H3;1H. The highest BCUT2D eigenvalue weighted by molar-refractivity contribution is 5.85. The minimum atomic E-state index is 0. The van der Waals surface area contributed by atoms with Crippen LogP contribution in [0, 0.1) is 6.92 Å². The van der Waals surface area contributed by atoms with Crippen LogP contribution in [0.15, 0.2) is 0 Å². The monoisotopic (exact) mass is 201 g/mol. The van der Waals surface area contributed by atoms with Crippen molar-refractivity contribution in [1.29, 1.82) is 0 Å². The number of aromatic nitrogens is 2. The Morgan fingerprint density at radius 2 is 2.08 bits per heavy atom. The van der Waals surface area contributed by atoms with E-state index < -0.39 is 0 Å². The number of aryl methyl sites for hydroxylation is 1. The van der Waals surface area contributed by atoms with E-state index in [9.17, 15) is 0 Å². The van der Waals surface area contributed by atoms with Crippen LogP contribution in [-0.2, 0) is 13.1 Å². The molecule has 0 fully saturated rings. The summed E-state index contributed by atoms with van der Waals surface area (Å²) in [5.41, 5.74) is 3.30. The summed E-state index contributed by atoms with van der Waals surface area (Å²) < 4.78 is 4.97. The first-order chi connectivity index (χ1) is 5.81. The maximum Gasteiger partial charge on any atom is 0.316 e. The molecule has 0 aromatic carbocycles. The summed E-state index contributed by atoms with van der Waals surface area (Å²) in [5, 5.41) is 3.22. The average Bonchev–Trinajstić information content (AvgIpc) is 2.52. The van der Waals surface area contributed by atoms with Gasteiger partial charge in [0.1, 0.15) is 0 Å². The van der Waals surface area contributed by atoms with Crippen LogP contribution in [0.25, 0.3) is 0 Å². The molecule has 2 heterocycles. The van der Waals surface area contributed by atoms with E-state index in [0.29, 0.717) is 6.01 Å². The Morgan fingerprint density at radius 3 is 2.77 bits per heavy atom. The van der Waals surface area contributed by atoms with Crippen LogP contribution in [0.4, 0.5) is 0 Å². The molecule has 0 unspecified atom stereocenters. The molecule has 5 heteroatoms. The van der Waals surface area contributed by atoms with Crippen molar-refractivity contribution in [1.82, 2.24) is 15.3 Å². The summed E-state index contributed by atoms with van der Waals surface area (Å²) in [6, 6.07) is 0.468. The van der Waals surface area contributed by atoms with Crippen molar-refractivity contribution in [2.75, 3.05) is 7.11 Å². The number of methoxy groups -OCH3 is 1. The lowest BCUT2D eigenvalue weighted by atomic mass is 10.2. The number of rotatable bonds is 1. The summed E-state index contributed by atoms with van der Waals surface area (Å²) >= 11 is 0. The third-order valence-corrected chi connectivity index (χ3v) is 2.06. The summed E-state index contributed by atoms with van der Waals surface area (Å²) in [7, 11) is 1.59. The highest BCUT2D eigenvalue weighted by Crippen LogP contribution is 2.18. The van der Waals surface area contributed by atoms with Crippen LogP contribution in [0.5, 0.6) is 6.01 Å². The normalized spacial score (nSPS) is 13.4. The Labute approximate surface area is 83.1 Å². The van der Waals surface area contributed by atoms with Gasteiger partial charge < -0.3 is 10.1 Å². The van der Waals surface area contributed by atoms with E-state index in [2.05, 4.69) is 15.3 Å². The van der Waals surface area contributed by atoms with Crippen molar-refractivity contribution in [3.8, 4) is 6.01 Å². The topological polar surface area (TPSA) is 47.0 Å². The van der Waals surface area contributed by atoms with Crippen LogP contribution in [0.3, 0.4) is 0 Å². The highest BCUT2D eigenvalue weighted by Gasteiger charge is 2.16. The van der Waals surface area contributed by atoms with Gasteiger partial charge in [0.2, 0.25) is 0 Å². The van der Waals surface area contributed by atoms with E-state index in [4.69, 9.17) is 4.74 Å². The predicted octanol–water partition coefficient (Wildman–Crippen LogP) is 0.819. The molecule has 0 amide bonds. The molecule has 2 rings (SSSR count). The zero-order valence-electron chi connectivity index (χ0n) is 7.63. The lowest BCUT2D eigenvalue weighted by Crippen LogP contribution is -2.00. The van der Waals surface area contributed by atoms with Crippen molar-refractivity contribution in [3.05, 3.63) is 17.0 Å². The molecule has 0 saturated heterocycles.